The van der Waals surface area contributed by atoms with E-state index in [0.29, 0.717) is 0 Å². The minimum atomic E-state index is -3.91. The van der Waals surface area contributed by atoms with Crippen LogP contribution in [0.3, 0.4) is 0 Å². The third kappa shape index (κ3) is 6.46. The van der Waals surface area contributed by atoms with E-state index in [0.717, 1.165) is 5.56 Å². The highest BCUT2D eigenvalue weighted by Gasteiger charge is 2.33. The zero-order chi connectivity index (χ0) is 22.3. The van der Waals surface area contributed by atoms with Gasteiger partial charge in [0, 0.05) is 6.04 Å². The van der Waals surface area contributed by atoms with Gasteiger partial charge >= 0.3 is 0 Å². The smallest absolute Gasteiger partial charge is 0.245 e. The highest BCUT2D eigenvalue weighted by Crippen LogP contribution is 2.16. The zero-order valence-corrected chi connectivity index (χ0v) is 17.6. The number of oxime groups is 1. The Hall–Kier alpha value is -3.12. The average Bonchev–Trinajstić information content (AvgIpc) is 2.67. The Labute approximate surface area is 175 Å². The molecule has 1 aliphatic rings. The summed E-state index contributed by atoms with van der Waals surface area (Å²) in [7, 11) is -3.91. The SMILES string of the molecule is Cc1cccc(S(=O)(=O)NC2C=CC(C)N(CC(=O)NCCON=C(N)N)C2=O)c1. The Morgan fingerprint density at radius 3 is 2.70 bits per heavy atom. The Kier molecular flexibility index (Phi) is 7.78. The Balaban J connectivity index is 1.98. The second-order valence-electron chi connectivity index (χ2n) is 6.71. The van der Waals surface area contributed by atoms with Crippen LogP contribution in [0.25, 0.3) is 0 Å². The Morgan fingerprint density at radius 2 is 2.03 bits per heavy atom. The molecule has 0 aromatic heterocycles. The van der Waals surface area contributed by atoms with Crippen molar-refractivity contribution >= 4 is 27.8 Å². The van der Waals surface area contributed by atoms with Crippen molar-refractivity contribution < 1.29 is 22.8 Å². The number of aryl methyl sites for hydroxylation is 1. The fraction of sp³-hybridized carbons (Fsp3) is 0.389. The molecule has 12 heteroatoms. The first-order valence-corrected chi connectivity index (χ1v) is 10.6. The van der Waals surface area contributed by atoms with Crippen LogP contribution in [-0.4, -0.2) is 62.9 Å². The van der Waals surface area contributed by atoms with Gasteiger partial charge < -0.3 is 26.5 Å². The van der Waals surface area contributed by atoms with Crippen LogP contribution in [0.1, 0.15) is 12.5 Å². The van der Waals surface area contributed by atoms with E-state index >= 15 is 0 Å². The van der Waals surface area contributed by atoms with E-state index in [2.05, 4.69) is 15.2 Å². The average molecular weight is 439 g/mol. The van der Waals surface area contributed by atoms with Crippen LogP contribution >= 0.6 is 0 Å². The molecule has 30 heavy (non-hydrogen) atoms. The second-order valence-corrected chi connectivity index (χ2v) is 8.42. The normalized spacial score (nSPS) is 18.7. The van der Waals surface area contributed by atoms with Gasteiger partial charge in [-0.25, -0.2) is 8.42 Å². The number of hydrogen-bond donors (Lipinski definition) is 4. The van der Waals surface area contributed by atoms with Gasteiger partial charge in [0.15, 0.2) is 0 Å². The lowest BCUT2D eigenvalue weighted by Crippen LogP contribution is -2.55. The van der Waals surface area contributed by atoms with Crippen molar-refractivity contribution in [1.82, 2.24) is 14.9 Å². The molecule has 1 heterocycles. The molecule has 2 unspecified atom stereocenters. The molecule has 0 radical (unpaired) electrons. The van der Waals surface area contributed by atoms with Crippen molar-refractivity contribution in [2.75, 3.05) is 19.7 Å². The number of nitrogens with zero attached hydrogens (tertiary/aromatic N) is 2. The summed E-state index contributed by atoms with van der Waals surface area (Å²) in [5.41, 5.74) is 11.0. The van der Waals surface area contributed by atoms with Gasteiger partial charge in [-0.2, -0.15) is 4.72 Å². The third-order valence-corrected chi connectivity index (χ3v) is 5.64. The number of guanidine groups is 1. The number of hydrogen-bond acceptors (Lipinski definition) is 6. The van der Waals surface area contributed by atoms with Crippen molar-refractivity contribution in [3.8, 4) is 0 Å². The first kappa shape index (κ1) is 23.2. The molecule has 0 bridgehead atoms. The molecule has 0 saturated carbocycles. The van der Waals surface area contributed by atoms with Crippen LogP contribution in [0.2, 0.25) is 0 Å². The van der Waals surface area contributed by atoms with E-state index < -0.39 is 27.9 Å². The van der Waals surface area contributed by atoms with Gasteiger partial charge in [0.05, 0.1) is 11.4 Å². The molecule has 11 nitrogen and oxygen atoms in total. The summed E-state index contributed by atoms with van der Waals surface area (Å²) in [5.74, 6) is -1.19. The van der Waals surface area contributed by atoms with Crippen LogP contribution in [0.5, 0.6) is 0 Å². The van der Waals surface area contributed by atoms with Gasteiger partial charge in [0.25, 0.3) is 0 Å². The van der Waals surface area contributed by atoms with Crippen LogP contribution < -0.4 is 21.5 Å². The molecule has 164 valence electrons. The van der Waals surface area contributed by atoms with E-state index in [-0.39, 0.29) is 36.6 Å². The minimum absolute atomic E-state index is 0.0476. The first-order valence-electron chi connectivity index (χ1n) is 9.15. The summed E-state index contributed by atoms with van der Waals surface area (Å²) < 4.78 is 27.6. The molecule has 1 aromatic carbocycles. The molecular weight excluding hydrogens is 412 g/mol. The molecule has 6 N–H and O–H groups in total. The van der Waals surface area contributed by atoms with Crippen molar-refractivity contribution in [3.63, 3.8) is 0 Å². The van der Waals surface area contributed by atoms with Crippen LogP contribution in [0.15, 0.2) is 46.5 Å². The molecule has 0 aliphatic carbocycles. The van der Waals surface area contributed by atoms with Crippen molar-refractivity contribution in [2.24, 2.45) is 16.6 Å². The number of carbonyl (C=O) groups is 2. The van der Waals surface area contributed by atoms with E-state index in [1.54, 1.807) is 32.1 Å². The van der Waals surface area contributed by atoms with Gasteiger partial charge in [-0.1, -0.05) is 24.3 Å². The van der Waals surface area contributed by atoms with Crippen molar-refractivity contribution in [1.29, 1.82) is 0 Å². The molecule has 0 spiro atoms. The number of carbonyl (C=O) groups excluding carboxylic acids is 2. The molecule has 1 aromatic rings. The van der Waals surface area contributed by atoms with E-state index in [1.165, 1.54) is 23.1 Å². The monoisotopic (exact) mass is 438 g/mol. The van der Waals surface area contributed by atoms with Crippen LogP contribution in [-0.2, 0) is 24.4 Å². The first-order chi connectivity index (χ1) is 14.1. The van der Waals surface area contributed by atoms with Crippen molar-refractivity contribution in [3.05, 3.63) is 42.0 Å². The highest BCUT2D eigenvalue weighted by molar-refractivity contribution is 7.89. The van der Waals surface area contributed by atoms with Gasteiger partial charge in [-0.05, 0) is 36.7 Å². The van der Waals surface area contributed by atoms with Gasteiger partial charge in [0.1, 0.15) is 19.2 Å². The van der Waals surface area contributed by atoms with Crippen LogP contribution in [0, 0.1) is 6.92 Å². The molecule has 0 saturated heterocycles. The maximum atomic E-state index is 12.8. The lowest BCUT2D eigenvalue weighted by molar-refractivity contribution is -0.138. The molecule has 2 rings (SSSR count). The van der Waals surface area contributed by atoms with Gasteiger partial charge in [-0.3, -0.25) is 9.59 Å². The highest BCUT2D eigenvalue weighted by atomic mass is 32.2. The number of amides is 2. The molecule has 2 atom stereocenters. The van der Waals surface area contributed by atoms with E-state index in [4.69, 9.17) is 16.3 Å². The zero-order valence-electron chi connectivity index (χ0n) is 16.7. The van der Waals surface area contributed by atoms with Gasteiger partial charge in [-0.15, -0.1) is 0 Å². The maximum absolute atomic E-state index is 12.8. The summed E-state index contributed by atoms with van der Waals surface area (Å²) in [4.78, 5) is 31.0. The fourth-order valence-corrected chi connectivity index (χ4v) is 3.98. The fourth-order valence-electron chi connectivity index (χ4n) is 2.73. The summed E-state index contributed by atoms with van der Waals surface area (Å²) in [6.45, 7) is 3.44. The Morgan fingerprint density at radius 1 is 1.30 bits per heavy atom. The summed E-state index contributed by atoms with van der Waals surface area (Å²) in [6, 6.07) is 4.88. The topological polar surface area (TPSA) is 169 Å². The molecular formula is C18H26N6O5S. The molecule has 2 amide bonds. The Bertz CT molecular complexity index is 942. The second kappa shape index (κ2) is 10.1. The number of benzene rings is 1. The number of nitrogens with one attached hydrogen (secondary N) is 2. The lowest BCUT2D eigenvalue weighted by Gasteiger charge is -2.33. The van der Waals surface area contributed by atoms with E-state index in [9.17, 15) is 18.0 Å². The largest absolute Gasteiger partial charge is 0.391 e. The van der Waals surface area contributed by atoms with Crippen molar-refractivity contribution in [2.45, 2.75) is 30.8 Å². The quantitative estimate of drug-likeness (QED) is 0.123. The predicted octanol–water partition coefficient (Wildman–Crippen LogP) is -1.25. The van der Waals surface area contributed by atoms with E-state index in [1.807, 2.05) is 0 Å². The predicted molar refractivity (Wildman–Crippen MR) is 110 cm³/mol. The minimum Gasteiger partial charge on any atom is -0.391 e. The van der Waals surface area contributed by atoms with Crippen LogP contribution in [0.4, 0.5) is 0 Å². The number of nitrogens with two attached hydrogens (primary N) is 2. The third-order valence-electron chi connectivity index (χ3n) is 4.20. The maximum Gasteiger partial charge on any atom is 0.245 e. The molecule has 1 aliphatic heterocycles. The number of sulfonamides is 1. The molecule has 0 fully saturated rings. The summed E-state index contributed by atoms with van der Waals surface area (Å²) in [6.07, 6.45) is 3.15. The summed E-state index contributed by atoms with van der Waals surface area (Å²) >= 11 is 0. The van der Waals surface area contributed by atoms with Gasteiger partial charge in [0.2, 0.25) is 27.8 Å². The summed E-state index contributed by atoms with van der Waals surface area (Å²) in [5, 5.41) is 5.89. The lowest BCUT2D eigenvalue weighted by atomic mass is 10.1. The number of rotatable bonds is 9. The standard InChI is InChI=1S/C18H26N6O5S/c1-12-4-3-5-14(10-12)30(27,28)23-15-7-6-13(2)24(17(15)26)11-16(25)21-8-9-29-22-18(19)20/h3-7,10,13,15,23H,8-9,11H2,1-2H3,(H,21,25)(H4,19,20,22).